The van der Waals surface area contributed by atoms with Crippen molar-refractivity contribution in [1.82, 2.24) is 29.7 Å². The Bertz CT molecular complexity index is 1430. The fourth-order valence-electron chi connectivity index (χ4n) is 4.54. The zero-order valence-corrected chi connectivity index (χ0v) is 22.3. The van der Waals surface area contributed by atoms with E-state index in [1.165, 1.54) is 0 Å². The van der Waals surface area contributed by atoms with Crippen LogP contribution in [-0.4, -0.2) is 67.6 Å². The highest BCUT2D eigenvalue weighted by Gasteiger charge is 2.25. The van der Waals surface area contributed by atoms with Gasteiger partial charge in [0.25, 0.3) is 0 Å². The minimum absolute atomic E-state index is 0.245. The maximum Gasteiger partial charge on any atom is 0.410 e. The van der Waals surface area contributed by atoms with Crippen LogP contribution in [0, 0.1) is 6.92 Å². The Morgan fingerprint density at radius 2 is 1.84 bits per heavy atom. The predicted molar refractivity (Wildman–Crippen MR) is 149 cm³/mol. The highest BCUT2D eigenvalue weighted by atomic mass is 16.6. The monoisotopic (exact) mass is 514 g/mol. The molecule has 1 saturated heterocycles. The zero-order valence-electron chi connectivity index (χ0n) is 22.3. The van der Waals surface area contributed by atoms with E-state index >= 15 is 0 Å². The molecule has 38 heavy (non-hydrogen) atoms. The summed E-state index contributed by atoms with van der Waals surface area (Å²) in [5.74, 6) is 1.84. The molecule has 0 spiro atoms. The molecule has 1 aliphatic rings. The Morgan fingerprint density at radius 1 is 1.05 bits per heavy atom. The number of carbonyl (C=O) groups excluding carboxylic acids is 1. The Hall–Kier alpha value is -4.18. The van der Waals surface area contributed by atoms with Crippen molar-refractivity contribution in [2.45, 2.75) is 39.8 Å². The minimum atomic E-state index is -0.482. The van der Waals surface area contributed by atoms with Crippen molar-refractivity contribution >= 4 is 34.7 Å². The lowest BCUT2D eigenvalue weighted by Crippen LogP contribution is -2.49. The first kappa shape index (κ1) is 25.5. The molecule has 10 nitrogen and oxygen atoms in total. The number of aromatic nitrogens is 4. The number of rotatable bonds is 5. The number of hydrogen-bond acceptors (Lipinski definition) is 8. The Labute approximate surface area is 222 Å². The van der Waals surface area contributed by atoms with E-state index in [2.05, 4.69) is 36.2 Å². The van der Waals surface area contributed by atoms with E-state index in [0.717, 1.165) is 53.1 Å². The lowest BCUT2D eigenvalue weighted by Gasteiger charge is -2.35. The molecule has 4 N–H and O–H groups in total. The van der Waals surface area contributed by atoms with Gasteiger partial charge in [-0.3, -0.25) is 4.90 Å². The fraction of sp³-hybridized carbons (Fsp3) is 0.357. The summed E-state index contributed by atoms with van der Waals surface area (Å²) >= 11 is 0. The predicted octanol–water partition coefficient (Wildman–Crippen LogP) is 4.71. The molecule has 0 unspecified atom stereocenters. The van der Waals surface area contributed by atoms with Crippen molar-refractivity contribution < 1.29 is 9.53 Å². The molecule has 5 rings (SSSR count). The summed E-state index contributed by atoms with van der Waals surface area (Å²) < 4.78 is 5.50. The number of carbonyl (C=O) groups is 1. The number of H-pyrrole nitrogens is 1. The van der Waals surface area contributed by atoms with Crippen LogP contribution in [0.3, 0.4) is 0 Å². The smallest absolute Gasteiger partial charge is 0.410 e. The molecule has 198 valence electrons. The molecule has 1 amide bonds. The third-order valence-corrected chi connectivity index (χ3v) is 6.29. The maximum absolute atomic E-state index is 12.3. The molecule has 1 aromatic carbocycles. The number of piperazine rings is 1. The van der Waals surface area contributed by atoms with Crippen molar-refractivity contribution in [1.29, 1.82) is 0 Å². The first-order valence-corrected chi connectivity index (χ1v) is 12.8. The van der Waals surface area contributed by atoms with Crippen LogP contribution >= 0.6 is 0 Å². The number of ether oxygens (including phenoxy) is 1. The van der Waals surface area contributed by atoms with Crippen molar-refractivity contribution in [2.24, 2.45) is 0 Å². The van der Waals surface area contributed by atoms with Gasteiger partial charge >= 0.3 is 6.09 Å². The second-order valence-corrected chi connectivity index (χ2v) is 10.7. The molecule has 0 bridgehead atoms. The van der Waals surface area contributed by atoms with E-state index in [1.807, 2.05) is 64.1 Å². The molecular weight excluding hydrogens is 480 g/mol. The van der Waals surface area contributed by atoms with Crippen LogP contribution in [0.5, 0.6) is 0 Å². The largest absolute Gasteiger partial charge is 0.444 e. The number of aromatic amines is 1. The first-order chi connectivity index (χ1) is 18.1. The molecule has 1 fully saturated rings. The molecular formula is C28H34N8O2. The molecule has 0 atom stereocenters. The summed E-state index contributed by atoms with van der Waals surface area (Å²) in [7, 11) is 0. The summed E-state index contributed by atoms with van der Waals surface area (Å²) in [5, 5.41) is 3.30. The summed E-state index contributed by atoms with van der Waals surface area (Å²) in [4.78, 5) is 33.2. The van der Waals surface area contributed by atoms with Crippen LogP contribution in [0.15, 0.2) is 48.7 Å². The molecule has 1 aliphatic heterocycles. The fourth-order valence-corrected chi connectivity index (χ4v) is 4.54. The first-order valence-electron chi connectivity index (χ1n) is 12.8. The molecule has 3 aromatic heterocycles. The van der Waals surface area contributed by atoms with E-state index in [4.69, 9.17) is 10.5 Å². The van der Waals surface area contributed by atoms with E-state index < -0.39 is 5.60 Å². The van der Waals surface area contributed by atoms with Gasteiger partial charge in [0.05, 0.1) is 11.0 Å². The second-order valence-electron chi connectivity index (χ2n) is 10.7. The highest BCUT2D eigenvalue weighted by molar-refractivity contribution is 5.84. The van der Waals surface area contributed by atoms with Gasteiger partial charge < -0.3 is 25.7 Å². The van der Waals surface area contributed by atoms with E-state index in [1.54, 1.807) is 11.1 Å². The van der Waals surface area contributed by atoms with Crippen LogP contribution in [-0.2, 0) is 11.3 Å². The molecule has 0 aliphatic carbocycles. The number of aryl methyl sites for hydroxylation is 1. The maximum atomic E-state index is 12.3. The zero-order chi connectivity index (χ0) is 26.9. The number of anilines is 3. The Morgan fingerprint density at radius 3 is 2.58 bits per heavy atom. The number of nitrogens with zero attached hydrogens (tertiary/aromatic N) is 5. The third kappa shape index (κ3) is 6.20. The highest BCUT2D eigenvalue weighted by Crippen LogP contribution is 2.26. The second kappa shape index (κ2) is 10.3. The average molecular weight is 515 g/mol. The number of imidazole rings is 1. The van der Waals surface area contributed by atoms with Crippen LogP contribution in [0.4, 0.5) is 22.4 Å². The number of nitrogen functional groups attached to an aromatic ring is 1. The van der Waals surface area contributed by atoms with Crippen LogP contribution in [0.1, 0.15) is 32.0 Å². The van der Waals surface area contributed by atoms with Gasteiger partial charge in [-0.2, -0.15) is 0 Å². The number of nitrogens with one attached hydrogen (secondary N) is 2. The molecule has 10 heteroatoms. The van der Waals surface area contributed by atoms with Crippen molar-refractivity contribution in [2.75, 3.05) is 37.2 Å². The average Bonchev–Trinajstić information content (AvgIpc) is 3.24. The molecule has 4 aromatic rings. The van der Waals surface area contributed by atoms with Crippen molar-refractivity contribution in [3.05, 3.63) is 59.9 Å². The number of nitrogens with two attached hydrogens (primary N) is 1. The summed E-state index contributed by atoms with van der Waals surface area (Å²) in [6.45, 7) is 11.3. The molecule has 0 radical (unpaired) electrons. The van der Waals surface area contributed by atoms with Crippen LogP contribution in [0.25, 0.3) is 22.2 Å². The van der Waals surface area contributed by atoms with Gasteiger partial charge in [-0.15, -0.1) is 0 Å². The van der Waals surface area contributed by atoms with E-state index in [9.17, 15) is 4.79 Å². The summed E-state index contributed by atoms with van der Waals surface area (Å²) in [6, 6.07) is 14.0. The van der Waals surface area contributed by atoms with Crippen LogP contribution < -0.4 is 11.1 Å². The SMILES string of the molecule is Cc1cc(-c2ccc3nc(Nc4cc(CN5CCN(C(=O)OC(C)(C)C)CC5)ccn4)[nH]c3c2)cc(N)n1. The van der Waals surface area contributed by atoms with E-state index in [-0.39, 0.29) is 6.09 Å². The molecule has 4 heterocycles. The number of amides is 1. The van der Waals surface area contributed by atoms with E-state index in [0.29, 0.717) is 30.7 Å². The van der Waals surface area contributed by atoms with Gasteiger partial charge in [0.15, 0.2) is 0 Å². The number of fused-ring (bicyclic) bond motifs is 1. The van der Waals surface area contributed by atoms with Crippen LogP contribution in [0.2, 0.25) is 0 Å². The van der Waals surface area contributed by atoms with Crippen molar-refractivity contribution in [3.8, 4) is 11.1 Å². The minimum Gasteiger partial charge on any atom is -0.444 e. The Kier molecular flexibility index (Phi) is 6.90. The number of hydrogen-bond donors (Lipinski definition) is 3. The van der Waals surface area contributed by atoms with Gasteiger partial charge in [-0.25, -0.2) is 19.7 Å². The topological polar surface area (TPSA) is 125 Å². The van der Waals surface area contributed by atoms with Gasteiger partial charge in [0.2, 0.25) is 5.95 Å². The van der Waals surface area contributed by atoms with Gasteiger partial charge in [-0.05, 0) is 80.8 Å². The lowest BCUT2D eigenvalue weighted by molar-refractivity contribution is 0.0139. The summed E-state index contributed by atoms with van der Waals surface area (Å²) in [6.07, 6.45) is 1.55. The molecule has 0 saturated carbocycles. The van der Waals surface area contributed by atoms with Gasteiger partial charge in [-0.1, -0.05) is 6.07 Å². The number of benzene rings is 1. The normalized spacial score (nSPS) is 14.6. The Balaban J connectivity index is 1.22. The quantitative estimate of drug-likeness (QED) is 0.350. The lowest BCUT2D eigenvalue weighted by atomic mass is 10.1. The summed E-state index contributed by atoms with van der Waals surface area (Å²) in [5.41, 5.74) is 11.3. The standard InChI is InChI=1S/C28H34N8O2/c1-18-13-21(16-24(29)31-18)20-5-6-22-23(15-20)33-26(32-22)34-25-14-19(7-8-30-25)17-35-9-11-36(12-10-35)27(37)38-28(2,3)4/h5-8,13-16H,9-12,17H2,1-4H3,(H2,29,31)(H2,30,32,33,34). The van der Waals surface area contributed by atoms with Gasteiger partial charge in [0.1, 0.15) is 17.2 Å². The van der Waals surface area contributed by atoms with Crippen molar-refractivity contribution in [3.63, 3.8) is 0 Å². The number of pyridine rings is 2. The third-order valence-electron chi connectivity index (χ3n) is 6.29. The van der Waals surface area contributed by atoms with Gasteiger partial charge in [0, 0.05) is 44.6 Å².